The molecular weight excluding hydrogens is 1270 g/mol. The van der Waals surface area contributed by atoms with Gasteiger partial charge in [-0.2, -0.15) is 0 Å². The largest absolute Gasteiger partial charge is 0.0721 e. The molecule has 0 atom stereocenters. The van der Waals surface area contributed by atoms with Gasteiger partial charge in [-0.15, -0.1) is 0 Å². The molecular formula is C66H156Si17. The molecule has 0 radical (unpaired) electrons. The molecule has 9 aliphatic heterocycles. The highest BCUT2D eigenvalue weighted by Gasteiger charge is 3.27. The fourth-order valence-corrected chi connectivity index (χ4v) is 1850. The Hall–Kier alpha value is 3.69. The SMILES string of the molecule is CC[Si]1(CC)[Si]2([Si](C)(C)C)[Si](CC(C)C)(CC(C)C)[Si]1([Si]13[Si](CC)(CC)[Si]([Si]45[Si](CC)(CC)[Si]([Si](C)(C)C)([Si]4(CC(C)C)CC(C)C)[Si]5(CC(C)C)CC(C)C)([Si]1(CC(C)C)CC(C)C)[Si]3(CC(C)C)CC(C)C)[Si]2(CC(C)C)CC(C)C. The molecule has 0 spiro atoms. The molecule has 0 aliphatic carbocycles. The maximum atomic E-state index is 3.30. The molecule has 17 heteroatoms. The minimum Gasteiger partial charge on any atom is -0.0721 e. The van der Waals surface area contributed by atoms with Crippen molar-refractivity contribution < 1.29 is 0 Å². The van der Waals surface area contributed by atoms with Crippen LogP contribution in [0.15, 0.2) is 0 Å². The predicted molar refractivity (Wildman–Crippen MR) is 432 cm³/mol. The molecule has 6 bridgehead atoms. The molecule has 83 heavy (non-hydrogen) atoms. The summed E-state index contributed by atoms with van der Waals surface area (Å²) in [6, 6.07) is 34.9. The minimum absolute atomic E-state index is 0.954. The molecule has 9 fully saturated rings. The van der Waals surface area contributed by atoms with E-state index in [1.165, 1.54) is 0 Å². The second kappa shape index (κ2) is 24.1. The van der Waals surface area contributed by atoms with Crippen LogP contribution < -0.4 is 0 Å². The first-order chi connectivity index (χ1) is 37.9. The average Bonchev–Trinajstić information content (AvgIpc) is 3.27. The molecule has 0 aromatic carbocycles. The maximum Gasteiger partial charge on any atom is 0.0306 e. The highest BCUT2D eigenvalue weighted by atomic mass is 31.1. The quantitative estimate of drug-likeness (QED) is 0.0564. The summed E-state index contributed by atoms with van der Waals surface area (Å²) in [5.41, 5.74) is 0. The van der Waals surface area contributed by atoms with Gasteiger partial charge in [-0.1, -0.05) is 356 Å². The van der Waals surface area contributed by atoms with E-state index in [0.717, 1.165) is 71.0 Å². The third kappa shape index (κ3) is 7.67. The smallest absolute Gasteiger partial charge is 0.0306 e. The first-order valence-corrected chi connectivity index (χ1v) is 101. The fraction of sp³-hybridized carbons (Fsp3) is 1.00. The molecule has 0 aromatic rings. The Balaban J connectivity index is 2.28. The second-order valence-electron chi connectivity index (χ2n) is 40.0. The molecule has 0 nitrogen and oxygen atoms in total. The first kappa shape index (κ1) is 75.7. The molecule has 9 aliphatic rings. The zero-order chi connectivity index (χ0) is 64.2. The zero-order valence-electron chi connectivity index (χ0n) is 64.2. The normalized spacial score (nSPS) is 33.3. The van der Waals surface area contributed by atoms with E-state index < -0.39 is 116 Å². The molecule has 9 saturated heterocycles. The Morgan fingerprint density at radius 1 is 0.181 bits per heavy atom. The summed E-state index contributed by atoms with van der Waals surface area (Å²) in [7, 11) is -19.3. The summed E-state index contributed by atoms with van der Waals surface area (Å²) in [6.45, 7) is 111. The number of rotatable bonds is 34. The summed E-state index contributed by atoms with van der Waals surface area (Å²) < 4.78 is 0. The molecule has 488 valence electrons. The molecule has 0 saturated carbocycles. The lowest BCUT2D eigenvalue weighted by molar-refractivity contribution is 0.679. The van der Waals surface area contributed by atoms with E-state index in [4.69, 9.17) is 0 Å². The molecule has 0 unspecified atom stereocenters. The van der Waals surface area contributed by atoms with Crippen LogP contribution in [0.25, 0.3) is 0 Å². The summed E-state index contributed by atoms with van der Waals surface area (Å²) in [4.78, 5) is 0. The molecule has 0 N–H and O–H groups in total. The molecule has 9 heterocycles. The van der Waals surface area contributed by atoms with Crippen LogP contribution >= 0.6 is 0 Å². The van der Waals surface area contributed by atoms with E-state index in [0.29, 0.717) is 0 Å². The van der Waals surface area contributed by atoms with Crippen molar-refractivity contribution in [2.75, 3.05) is 0 Å². The van der Waals surface area contributed by atoms with Gasteiger partial charge in [0.15, 0.2) is 0 Å². The van der Waals surface area contributed by atoms with Gasteiger partial charge in [0.05, 0.1) is 0 Å². The standard InChI is InChI=1S/C66H156Si17/c1-37-69(38-2)78(67(31,32)33)72(43-55(7)8,44-56(9)10)80(69,73(78,45-57(11)12)46-58(13)14)82-71(41-5,42-6)83(76(82,51-63(23)24)52-64(25)26,77(82,53-65(27)28)54-66(29)30)81-70(39-3,40-4)79(68(34,35)36,74(81,47-59(15)16)48-60(17)18)75(81,49-61(19)20)50-62(21)22/h55-66H,37-54H2,1-36H3. The van der Waals surface area contributed by atoms with Crippen LogP contribution in [0.3, 0.4) is 0 Å². The van der Waals surface area contributed by atoms with Crippen molar-refractivity contribution in [1.29, 1.82) is 0 Å². The third-order valence-corrected chi connectivity index (χ3v) is 749. The van der Waals surface area contributed by atoms with Crippen LogP contribution in [0, 0.1) is 71.0 Å². The number of hydrogen-bond acceptors (Lipinski definition) is 0. The van der Waals surface area contributed by atoms with Crippen LogP contribution in [0.4, 0.5) is 0 Å². The van der Waals surface area contributed by atoms with Gasteiger partial charge in [0.25, 0.3) is 0 Å². The lowest BCUT2D eigenvalue weighted by Crippen LogP contribution is -3.55. The highest BCUT2D eigenvalue weighted by molar-refractivity contribution is 8.83. The van der Waals surface area contributed by atoms with Gasteiger partial charge in [-0.25, -0.2) is 0 Å². The van der Waals surface area contributed by atoms with E-state index in [-0.39, 0.29) is 0 Å². The highest BCUT2D eigenvalue weighted by Crippen LogP contribution is 2.97. The Morgan fingerprint density at radius 2 is 0.301 bits per heavy atom. The van der Waals surface area contributed by atoms with E-state index >= 15 is 0 Å². The van der Waals surface area contributed by atoms with Gasteiger partial charge in [0, 0.05) is 116 Å². The Morgan fingerprint density at radius 3 is 0.410 bits per heavy atom. The molecule has 0 aromatic heterocycles. The summed E-state index contributed by atoms with van der Waals surface area (Å²) in [5.74, 6) is 11.5. The fourth-order valence-electron chi connectivity index (χ4n) is 35.3. The zero-order valence-corrected chi connectivity index (χ0v) is 81.2. The van der Waals surface area contributed by atoms with Crippen molar-refractivity contribution in [3.05, 3.63) is 0 Å². The van der Waals surface area contributed by atoms with Crippen molar-refractivity contribution in [3.8, 4) is 0 Å². The van der Waals surface area contributed by atoms with Crippen LogP contribution in [0.2, 0.25) is 148 Å². The Bertz CT molecular complexity index is 1960. The monoisotopic (exact) mass is 1420 g/mol. The maximum absolute atomic E-state index is 3.30. The van der Waals surface area contributed by atoms with Gasteiger partial charge in [-0.3, -0.25) is 0 Å². The van der Waals surface area contributed by atoms with E-state index in [9.17, 15) is 0 Å². The summed E-state index contributed by atoms with van der Waals surface area (Å²) in [6.07, 6.45) is -11.0. The van der Waals surface area contributed by atoms with Crippen molar-refractivity contribution >= 4 is 116 Å². The van der Waals surface area contributed by atoms with Crippen LogP contribution in [-0.4, -0.2) is 116 Å². The van der Waals surface area contributed by atoms with Crippen LogP contribution in [0.1, 0.15) is 208 Å². The van der Waals surface area contributed by atoms with Crippen LogP contribution in [-0.2, 0) is 0 Å². The Kier molecular flexibility index (Phi) is 22.0. The summed E-state index contributed by atoms with van der Waals surface area (Å²) in [5, 5.41) is 0. The van der Waals surface area contributed by atoms with Gasteiger partial charge >= 0.3 is 0 Å². The lowest BCUT2D eigenvalue weighted by Gasteiger charge is -3.21. The Labute approximate surface area is 537 Å². The van der Waals surface area contributed by atoms with Crippen LogP contribution in [0.5, 0.6) is 0 Å². The minimum atomic E-state index is -1.96. The first-order valence-electron chi connectivity index (χ1n) is 37.9. The van der Waals surface area contributed by atoms with E-state index in [1.54, 1.807) is 0 Å². The number of hydrogen-bond donors (Lipinski definition) is 0. The van der Waals surface area contributed by atoms with Gasteiger partial charge in [-0.05, 0) is 71.0 Å². The second-order valence-corrected chi connectivity index (χ2v) is 269. The molecule has 0 amide bonds. The van der Waals surface area contributed by atoms with Gasteiger partial charge in [0.2, 0.25) is 0 Å². The predicted octanol–water partition coefficient (Wildman–Crippen LogP) is 22.2. The van der Waals surface area contributed by atoms with E-state index in [1.807, 2.05) is 109 Å². The van der Waals surface area contributed by atoms with E-state index in [2.05, 4.69) is 247 Å². The third-order valence-electron chi connectivity index (χ3n) is 29.0. The van der Waals surface area contributed by atoms with Crippen molar-refractivity contribution in [1.82, 2.24) is 0 Å². The van der Waals surface area contributed by atoms with Crippen molar-refractivity contribution in [3.63, 3.8) is 0 Å². The van der Waals surface area contributed by atoms with Crippen molar-refractivity contribution in [2.24, 2.45) is 71.0 Å². The van der Waals surface area contributed by atoms with Gasteiger partial charge in [0.1, 0.15) is 0 Å². The van der Waals surface area contributed by atoms with Crippen molar-refractivity contribution in [2.45, 2.75) is 356 Å². The average molecular weight is 1430 g/mol. The topological polar surface area (TPSA) is 0 Å². The summed E-state index contributed by atoms with van der Waals surface area (Å²) >= 11 is 0. The molecule has 9 rings (SSSR count). The van der Waals surface area contributed by atoms with Gasteiger partial charge < -0.3 is 0 Å². The lowest BCUT2D eigenvalue weighted by atomic mass is 10.3.